The lowest BCUT2D eigenvalue weighted by molar-refractivity contribution is -0.919. The van der Waals surface area contributed by atoms with Crippen molar-refractivity contribution in [2.45, 2.75) is 25.7 Å². The zero-order chi connectivity index (χ0) is 15.9. The molecule has 2 aliphatic heterocycles. The summed E-state index contributed by atoms with van der Waals surface area (Å²) in [6.45, 7) is 15.6. The molecule has 1 spiro atoms. The van der Waals surface area contributed by atoms with Crippen molar-refractivity contribution in [1.29, 1.82) is 0 Å². The van der Waals surface area contributed by atoms with E-state index in [2.05, 4.69) is 22.4 Å². The Morgan fingerprint density at radius 2 is 1.70 bits per heavy atom. The first-order valence-electron chi connectivity index (χ1n) is 9.09. The summed E-state index contributed by atoms with van der Waals surface area (Å²) in [6.07, 6.45) is 9.77. The molecule has 2 unspecified atom stereocenters. The second-order valence-electron chi connectivity index (χ2n) is 7.64. The molecule has 0 radical (unpaired) electrons. The van der Waals surface area contributed by atoms with Gasteiger partial charge < -0.3 is 9.38 Å². The molecule has 23 heavy (non-hydrogen) atoms. The average molecular weight is 331 g/mol. The number of anilines is 1. The lowest BCUT2D eigenvalue weighted by Gasteiger charge is -2.42. The number of rotatable bonds is 3. The standard InChI is InChI=1S/C19H28N3S/c1-3-17-18(4-2)23-20-19(17)21-9-11-22(12-10-21)13-15-7-5-6-8-16(15)14-22/h3-4,15-16H,1-2,5-14H2/q+1. The second-order valence-corrected chi connectivity index (χ2v) is 8.44. The average Bonchev–Trinajstić information content (AvgIpc) is 3.15. The SMILES string of the molecule is C=Cc1snc(N2CC[N+]3(CC2)CC2CCCCC2C3)c1C=C. The van der Waals surface area contributed by atoms with E-state index in [1.165, 1.54) is 61.9 Å². The van der Waals surface area contributed by atoms with Gasteiger partial charge in [-0.1, -0.05) is 32.1 Å². The summed E-state index contributed by atoms with van der Waals surface area (Å²) in [6, 6.07) is 0. The first-order chi connectivity index (χ1) is 11.2. The predicted molar refractivity (Wildman–Crippen MR) is 99.7 cm³/mol. The number of aromatic nitrogens is 1. The van der Waals surface area contributed by atoms with Crippen molar-refractivity contribution in [3.8, 4) is 0 Å². The van der Waals surface area contributed by atoms with E-state index in [0.29, 0.717) is 0 Å². The highest BCUT2D eigenvalue weighted by Gasteiger charge is 2.47. The van der Waals surface area contributed by atoms with Gasteiger partial charge in [-0.25, -0.2) is 0 Å². The third-order valence-electron chi connectivity index (χ3n) is 6.42. The normalized spacial score (nSPS) is 29.5. The van der Waals surface area contributed by atoms with Gasteiger partial charge in [0.25, 0.3) is 0 Å². The van der Waals surface area contributed by atoms with E-state index >= 15 is 0 Å². The third kappa shape index (κ3) is 2.66. The Bertz CT molecular complexity index is 582. The van der Waals surface area contributed by atoms with Crippen molar-refractivity contribution >= 4 is 29.5 Å². The molecule has 0 aromatic carbocycles. The van der Waals surface area contributed by atoms with Gasteiger partial charge in [-0.2, -0.15) is 4.37 Å². The van der Waals surface area contributed by atoms with Crippen LogP contribution in [0.1, 0.15) is 36.1 Å². The van der Waals surface area contributed by atoms with Crippen LogP contribution >= 0.6 is 11.5 Å². The van der Waals surface area contributed by atoms with Gasteiger partial charge in [-0.15, -0.1) is 0 Å². The van der Waals surface area contributed by atoms with Crippen LogP contribution in [0.25, 0.3) is 12.2 Å². The van der Waals surface area contributed by atoms with Crippen molar-refractivity contribution in [3.05, 3.63) is 23.6 Å². The summed E-state index contributed by atoms with van der Waals surface area (Å²) in [5, 5.41) is 0. The molecule has 1 aromatic rings. The lowest BCUT2D eigenvalue weighted by Crippen LogP contribution is -2.58. The van der Waals surface area contributed by atoms with Crippen molar-refractivity contribution in [3.63, 3.8) is 0 Å². The molecule has 3 heterocycles. The maximum absolute atomic E-state index is 4.69. The molecule has 1 aliphatic carbocycles. The molecule has 2 saturated heterocycles. The van der Waals surface area contributed by atoms with E-state index in [0.717, 1.165) is 35.6 Å². The smallest absolute Gasteiger partial charge is 0.150 e. The summed E-state index contributed by atoms with van der Waals surface area (Å²) in [7, 11) is 0. The van der Waals surface area contributed by atoms with Gasteiger partial charge in [0, 0.05) is 17.4 Å². The molecule has 0 amide bonds. The Kier molecular flexibility index (Phi) is 4.06. The number of quaternary nitrogens is 1. The van der Waals surface area contributed by atoms with Crippen LogP contribution in [0.4, 0.5) is 5.82 Å². The predicted octanol–water partition coefficient (Wildman–Crippen LogP) is 3.89. The van der Waals surface area contributed by atoms with Gasteiger partial charge in [0.1, 0.15) is 0 Å². The minimum absolute atomic E-state index is 1.02. The monoisotopic (exact) mass is 330 g/mol. The Hall–Kier alpha value is -1.13. The van der Waals surface area contributed by atoms with E-state index in [-0.39, 0.29) is 0 Å². The van der Waals surface area contributed by atoms with Crippen LogP contribution in [0.3, 0.4) is 0 Å². The molecule has 4 heteroatoms. The van der Waals surface area contributed by atoms with Crippen LogP contribution in [-0.2, 0) is 0 Å². The Morgan fingerprint density at radius 3 is 2.26 bits per heavy atom. The molecule has 4 rings (SSSR count). The zero-order valence-electron chi connectivity index (χ0n) is 14.0. The second kappa shape index (κ2) is 6.06. The van der Waals surface area contributed by atoms with Gasteiger partial charge in [0.2, 0.25) is 0 Å². The van der Waals surface area contributed by atoms with Gasteiger partial charge >= 0.3 is 0 Å². The number of hydrogen-bond acceptors (Lipinski definition) is 3. The fourth-order valence-electron chi connectivity index (χ4n) is 5.17. The highest BCUT2D eigenvalue weighted by Crippen LogP contribution is 2.41. The number of nitrogens with zero attached hydrogens (tertiary/aromatic N) is 3. The van der Waals surface area contributed by atoms with Crippen LogP contribution in [0.15, 0.2) is 13.2 Å². The molecule has 2 atom stereocenters. The maximum atomic E-state index is 4.69. The highest BCUT2D eigenvalue weighted by atomic mass is 32.1. The number of piperazine rings is 1. The molecule has 3 fully saturated rings. The number of hydrogen-bond donors (Lipinski definition) is 0. The Labute approximate surface area is 144 Å². The van der Waals surface area contributed by atoms with Gasteiger partial charge in [-0.05, 0) is 30.5 Å². The highest BCUT2D eigenvalue weighted by molar-refractivity contribution is 7.07. The summed E-state index contributed by atoms with van der Waals surface area (Å²) < 4.78 is 6.07. The molecule has 0 bridgehead atoms. The van der Waals surface area contributed by atoms with E-state index in [1.807, 2.05) is 12.2 Å². The Balaban J connectivity index is 1.46. The van der Waals surface area contributed by atoms with Crippen LogP contribution in [0.2, 0.25) is 0 Å². The van der Waals surface area contributed by atoms with Crippen LogP contribution in [0.5, 0.6) is 0 Å². The molecule has 3 nitrogen and oxygen atoms in total. The minimum Gasteiger partial charge on any atom is -0.344 e. The van der Waals surface area contributed by atoms with Crippen LogP contribution in [0, 0.1) is 11.8 Å². The molecule has 1 aromatic heterocycles. The van der Waals surface area contributed by atoms with Crippen molar-refractivity contribution in [1.82, 2.24) is 4.37 Å². The van der Waals surface area contributed by atoms with Crippen LogP contribution < -0.4 is 4.90 Å². The largest absolute Gasteiger partial charge is 0.344 e. The lowest BCUT2D eigenvalue weighted by atomic mass is 9.82. The maximum Gasteiger partial charge on any atom is 0.150 e. The quantitative estimate of drug-likeness (QED) is 0.782. The Morgan fingerprint density at radius 1 is 1.04 bits per heavy atom. The summed E-state index contributed by atoms with van der Waals surface area (Å²) in [4.78, 5) is 3.63. The van der Waals surface area contributed by atoms with Gasteiger partial charge in [0.15, 0.2) is 5.82 Å². The molecule has 124 valence electrons. The first-order valence-corrected chi connectivity index (χ1v) is 9.86. The van der Waals surface area contributed by atoms with E-state index < -0.39 is 0 Å². The van der Waals surface area contributed by atoms with Gasteiger partial charge in [0.05, 0.1) is 44.1 Å². The topological polar surface area (TPSA) is 16.1 Å². The molecule has 0 N–H and O–H groups in total. The molecular formula is C19H28N3S+. The summed E-state index contributed by atoms with van der Waals surface area (Å²) >= 11 is 1.55. The minimum atomic E-state index is 1.02. The van der Waals surface area contributed by atoms with Crippen molar-refractivity contribution in [2.75, 3.05) is 44.2 Å². The fraction of sp³-hybridized carbons (Fsp3) is 0.632. The van der Waals surface area contributed by atoms with Crippen molar-refractivity contribution in [2.24, 2.45) is 11.8 Å². The van der Waals surface area contributed by atoms with E-state index in [9.17, 15) is 0 Å². The van der Waals surface area contributed by atoms with Crippen molar-refractivity contribution < 1.29 is 4.48 Å². The summed E-state index contributed by atoms with van der Waals surface area (Å²) in [5.74, 6) is 3.17. The van der Waals surface area contributed by atoms with Gasteiger partial charge in [-0.3, -0.25) is 0 Å². The summed E-state index contributed by atoms with van der Waals surface area (Å²) in [5.41, 5.74) is 1.17. The molecule has 3 aliphatic rings. The zero-order valence-corrected chi connectivity index (χ0v) is 14.9. The molecule has 1 saturated carbocycles. The van der Waals surface area contributed by atoms with E-state index in [1.54, 1.807) is 11.5 Å². The van der Waals surface area contributed by atoms with Crippen LogP contribution in [-0.4, -0.2) is 48.1 Å². The molecular weight excluding hydrogens is 302 g/mol. The van der Waals surface area contributed by atoms with E-state index in [4.69, 9.17) is 0 Å². The fourth-order valence-corrected chi connectivity index (χ4v) is 5.92. The number of fused-ring (bicyclic) bond motifs is 1. The third-order valence-corrected chi connectivity index (χ3v) is 7.27. The first kappa shape index (κ1) is 15.4.